The molecule has 2 rings (SSSR count). The predicted octanol–water partition coefficient (Wildman–Crippen LogP) is 2.08. The topological polar surface area (TPSA) is 50.3 Å². The zero-order valence-corrected chi connectivity index (χ0v) is 12.0. The highest BCUT2D eigenvalue weighted by Gasteiger charge is 2.10. The second-order valence-corrected chi connectivity index (χ2v) is 5.00. The van der Waals surface area contributed by atoms with Gasteiger partial charge in [-0.15, -0.1) is 0 Å². The van der Waals surface area contributed by atoms with Crippen LogP contribution in [0.4, 0.5) is 5.95 Å². The van der Waals surface area contributed by atoms with Gasteiger partial charge < -0.3 is 15.0 Å². The van der Waals surface area contributed by atoms with E-state index in [4.69, 9.17) is 4.74 Å². The Morgan fingerprint density at radius 1 is 1.32 bits per heavy atom. The summed E-state index contributed by atoms with van der Waals surface area (Å²) in [7, 11) is 0. The molecule has 0 spiro atoms. The Morgan fingerprint density at radius 2 is 2.11 bits per heavy atom. The molecule has 0 bridgehead atoms. The quantitative estimate of drug-likeness (QED) is 0.817. The van der Waals surface area contributed by atoms with Crippen molar-refractivity contribution in [3.63, 3.8) is 0 Å². The van der Waals surface area contributed by atoms with E-state index in [1.807, 2.05) is 13.0 Å². The van der Waals surface area contributed by atoms with E-state index in [0.717, 1.165) is 25.2 Å². The maximum Gasteiger partial charge on any atom is 0.226 e. The number of nitrogens with zero attached hydrogens (tertiary/aromatic N) is 3. The Bertz CT molecular complexity index is 391. The maximum atomic E-state index is 5.55. The molecule has 0 atom stereocenters. The number of anilines is 1. The highest BCUT2D eigenvalue weighted by Crippen LogP contribution is 2.12. The van der Waals surface area contributed by atoms with Crippen LogP contribution in [0.5, 0.6) is 5.88 Å². The van der Waals surface area contributed by atoms with Crippen LogP contribution in [0.15, 0.2) is 6.07 Å². The van der Waals surface area contributed by atoms with Crippen molar-refractivity contribution in [3.8, 4) is 5.88 Å². The van der Waals surface area contributed by atoms with Crippen LogP contribution in [0, 0.1) is 6.92 Å². The van der Waals surface area contributed by atoms with Crippen molar-refractivity contribution in [1.29, 1.82) is 0 Å². The van der Waals surface area contributed by atoms with Gasteiger partial charge in [0.1, 0.15) is 0 Å². The number of rotatable bonds is 7. The summed E-state index contributed by atoms with van der Waals surface area (Å²) >= 11 is 0. The van der Waals surface area contributed by atoms with E-state index >= 15 is 0 Å². The van der Waals surface area contributed by atoms with Crippen LogP contribution in [0.1, 0.15) is 31.9 Å². The van der Waals surface area contributed by atoms with E-state index in [1.54, 1.807) is 0 Å². The number of hydrogen-bond donors (Lipinski definition) is 1. The fourth-order valence-electron chi connectivity index (χ4n) is 2.23. The number of hydrogen-bond acceptors (Lipinski definition) is 5. The van der Waals surface area contributed by atoms with Crippen molar-refractivity contribution in [2.45, 2.75) is 33.1 Å². The van der Waals surface area contributed by atoms with Gasteiger partial charge in [0, 0.05) is 24.8 Å². The fourth-order valence-corrected chi connectivity index (χ4v) is 2.23. The summed E-state index contributed by atoms with van der Waals surface area (Å²) in [6.07, 6.45) is 3.65. The van der Waals surface area contributed by atoms with E-state index in [-0.39, 0.29) is 0 Å². The third-order valence-electron chi connectivity index (χ3n) is 3.19. The van der Waals surface area contributed by atoms with Gasteiger partial charge in [0.2, 0.25) is 11.8 Å². The van der Waals surface area contributed by atoms with Crippen LogP contribution < -0.4 is 10.1 Å². The minimum Gasteiger partial charge on any atom is -0.478 e. The van der Waals surface area contributed by atoms with E-state index in [9.17, 15) is 0 Å². The Balaban J connectivity index is 1.82. The summed E-state index contributed by atoms with van der Waals surface area (Å²) in [5.74, 6) is 1.34. The Kier molecular flexibility index (Phi) is 5.39. The second kappa shape index (κ2) is 7.28. The summed E-state index contributed by atoms with van der Waals surface area (Å²) in [6.45, 7) is 9.14. The molecular weight excluding hydrogens is 240 g/mol. The van der Waals surface area contributed by atoms with Crippen molar-refractivity contribution in [2.75, 3.05) is 38.1 Å². The number of ether oxygens (including phenoxy) is 1. The van der Waals surface area contributed by atoms with Gasteiger partial charge in [-0.1, -0.05) is 6.92 Å². The minimum absolute atomic E-state index is 0.665. The van der Waals surface area contributed by atoms with Crippen LogP contribution in [0.25, 0.3) is 0 Å². The van der Waals surface area contributed by atoms with Crippen molar-refractivity contribution in [2.24, 2.45) is 0 Å². The van der Waals surface area contributed by atoms with Gasteiger partial charge in [0.15, 0.2) is 0 Å². The lowest BCUT2D eigenvalue weighted by atomic mass is 10.4. The zero-order valence-electron chi connectivity index (χ0n) is 12.0. The predicted molar refractivity (Wildman–Crippen MR) is 76.7 cm³/mol. The normalized spacial score (nSPS) is 15.7. The second-order valence-electron chi connectivity index (χ2n) is 5.00. The summed E-state index contributed by atoms with van der Waals surface area (Å²) in [5.41, 5.74) is 0.935. The van der Waals surface area contributed by atoms with Crippen molar-refractivity contribution < 1.29 is 4.74 Å². The molecule has 0 radical (unpaired) electrons. The average molecular weight is 264 g/mol. The van der Waals surface area contributed by atoms with Crippen molar-refractivity contribution in [3.05, 3.63) is 11.8 Å². The van der Waals surface area contributed by atoms with Gasteiger partial charge in [0.25, 0.3) is 0 Å². The van der Waals surface area contributed by atoms with Crippen LogP contribution >= 0.6 is 0 Å². The molecule has 0 unspecified atom stereocenters. The zero-order chi connectivity index (χ0) is 13.5. The van der Waals surface area contributed by atoms with E-state index in [1.165, 1.54) is 25.9 Å². The molecule has 0 saturated carbocycles. The first-order chi connectivity index (χ1) is 9.28. The first-order valence-corrected chi connectivity index (χ1v) is 7.22. The third kappa shape index (κ3) is 4.67. The molecule has 1 saturated heterocycles. The molecule has 2 heterocycles. The smallest absolute Gasteiger partial charge is 0.226 e. The van der Waals surface area contributed by atoms with Gasteiger partial charge in [0.05, 0.1) is 6.61 Å². The van der Waals surface area contributed by atoms with Crippen molar-refractivity contribution >= 4 is 5.95 Å². The maximum absolute atomic E-state index is 5.55. The van der Waals surface area contributed by atoms with Crippen molar-refractivity contribution in [1.82, 2.24) is 14.9 Å². The lowest BCUT2D eigenvalue weighted by Gasteiger charge is -2.15. The van der Waals surface area contributed by atoms with E-state index in [2.05, 4.69) is 27.1 Å². The number of aromatic nitrogens is 2. The third-order valence-corrected chi connectivity index (χ3v) is 3.19. The summed E-state index contributed by atoms with van der Waals surface area (Å²) in [5, 5.41) is 3.29. The van der Waals surface area contributed by atoms with Crippen LogP contribution in [0.2, 0.25) is 0 Å². The molecule has 1 aromatic heterocycles. The summed E-state index contributed by atoms with van der Waals surface area (Å²) in [6, 6.07) is 1.88. The largest absolute Gasteiger partial charge is 0.478 e. The lowest BCUT2D eigenvalue weighted by Crippen LogP contribution is -2.26. The Hall–Kier alpha value is -1.36. The Morgan fingerprint density at radius 3 is 2.84 bits per heavy atom. The molecule has 106 valence electrons. The van der Waals surface area contributed by atoms with Crippen LogP contribution in [-0.2, 0) is 0 Å². The molecule has 5 heteroatoms. The van der Waals surface area contributed by atoms with Gasteiger partial charge in [-0.3, -0.25) is 0 Å². The number of aryl methyl sites for hydroxylation is 1. The first-order valence-electron chi connectivity index (χ1n) is 7.22. The average Bonchev–Trinajstić information content (AvgIpc) is 2.89. The van der Waals surface area contributed by atoms with Gasteiger partial charge in [-0.05, 0) is 39.3 Å². The van der Waals surface area contributed by atoms with E-state index in [0.29, 0.717) is 18.4 Å². The number of nitrogens with one attached hydrogen (secondary N) is 1. The first kappa shape index (κ1) is 14.1. The van der Waals surface area contributed by atoms with Gasteiger partial charge in [-0.25, -0.2) is 4.98 Å². The van der Waals surface area contributed by atoms with Gasteiger partial charge in [-0.2, -0.15) is 4.98 Å². The lowest BCUT2D eigenvalue weighted by molar-refractivity contribution is 0.304. The molecule has 0 aliphatic carbocycles. The molecule has 0 aromatic carbocycles. The minimum atomic E-state index is 0.665. The van der Waals surface area contributed by atoms with Crippen LogP contribution in [0.3, 0.4) is 0 Å². The Labute approximate surface area is 115 Å². The monoisotopic (exact) mass is 264 g/mol. The highest BCUT2D eigenvalue weighted by molar-refractivity contribution is 5.30. The summed E-state index contributed by atoms with van der Waals surface area (Å²) in [4.78, 5) is 11.2. The molecule has 1 aromatic rings. The molecule has 1 fully saturated rings. The summed E-state index contributed by atoms with van der Waals surface area (Å²) < 4.78 is 5.55. The van der Waals surface area contributed by atoms with Crippen LogP contribution in [-0.4, -0.2) is 47.7 Å². The molecule has 1 aliphatic heterocycles. The standard InChI is InChI=1S/C14H24N4O/c1-3-10-19-13-11-12(2)16-14(17-13)15-6-9-18-7-4-5-8-18/h11H,3-10H2,1-2H3,(H,15,16,17). The molecule has 19 heavy (non-hydrogen) atoms. The molecular formula is C14H24N4O. The molecule has 0 amide bonds. The molecule has 1 N–H and O–H groups in total. The molecule has 5 nitrogen and oxygen atoms in total. The van der Waals surface area contributed by atoms with E-state index < -0.39 is 0 Å². The number of likely N-dealkylation sites (tertiary alicyclic amines) is 1. The molecule has 1 aliphatic rings. The van der Waals surface area contributed by atoms with Gasteiger partial charge >= 0.3 is 0 Å². The highest BCUT2D eigenvalue weighted by atomic mass is 16.5. The fraction of sp³-hybridized carbons (Fsp3) is 0.714. The SMILES string of the molecule is CCCOc1cc(C)nc(NCCN2CCCC2)n1.